The third kappa shape index (κ3) is 2.43. The first kappa shape index (κ1) is 21.7. The molecular formula is C33H31Cl2N3. The summed E-state index contributed by atoms with van der Waals surface area (Å²) in [6, 6.07) is 10.6. The Bertz CT molecular complexity index is 1530. The molecule has 7 aliphatic carbocycles. The Morgan fingerprint density at radius 3 is 2.26 bits per heavy atom. The number of nitrogens with zero attached hydrogens (tertiary/aromatic N) is 3. The molecule has 5 fully saturated rings. The average Bonchev–Trinajstić information content (AvgIpc) is 3.40. The third-order valence-electron chi connectivity index (χ3n) is 12.5. The van der Waals surface area contributed by atoms with Crippen LogP contribution in [0, 0.1) is 29.1 Å². The first-order valence-electron chi connectivity index (χ1n) is 14.8. The van der Waals surface area contributed by atoms with Gasteiger partial charge >= 0.3 is 0 Å². The van der Waals surface area contributed by atoms with Crippen molar-refractivity contribution >= 4 is 40.3 Å². The van der Waals surface area contributed by atoms with E-state index < -0.39 is 0 Å². The summed E-state index contributed by atoms with van der Waals surface area (Å²) < 4.78 is 0. The molecule has 2 aromatic heterocycles. The van der Waals surface area contributed by atoms with Gasteiger partial charge in [-0.05, 0) is 116 Å². The van der Waals surface area contributed by atoms with Crippen LogP contribution >= 0.6 is 23.2 Å². The van der Waals surface area contributed by atoms with Crippen LogP contribution in [-0.2, 0) is 0 Å². The summed E-state index contributed by atoms with van der Waals surface area (Å²) in [6.07, 6.45) is 14.7. The van der Waals surface area contributed by atoms with Gasteiger partial charge in [-0.15, -0.1) is 0 Å². The van der Waals surface area contributed by atoms with E-state index in [4.69, 9.17) is 33.2 Å². The monoisotopic (exact) mass is 539 g/mol. The van der Waals surface area contributed by atoms with Gasteiger partial charge in [0, 0.05) is 28.9 Å². The zero-order valence-corrected chi connectivity index (χ0v) is 22.9. The Morgan fingerprint density at radius 2 is 1.47 bits per heavy atom. The van der Waals surface area contributed by atoms with Crippen molar-refractivity contribution in [3.8, 4) is 0 Å². The van der Waals surface area contributed by atoms with Crippen molar-refractivity contribution in [2.45, 2.75) is 75.0 Å². The predicted molar refractivity (Wildman–Crippen MR) is 151 cm³/mol. The molecule has 1 spiro atoms. The standard InChI is InChI=1S/C33H31Cl2N3/c34-29-25(14-36-31-23-8-16-6-17(23)9-18(7-16)27(29)31)38(22-4-2-1-3-5-22)26-15-37-32-24-12-21-11-20-10-19(13-33(20,21)24)28(32)30(26)35/h1-5,14-21,23-24H,6-13H2. The van der Waals surface area contributed by atoms with Crippen LogP contribution in [0.25, 0.3) is 0 Å². The maximum Gasteiger partial charge on any atom is 0.0836 e. The van der Waals surface area contributed by atoms with Crippen molar-refractivity contribution in [1.29, 1.82) is 0 Å². The van der Waals surface area contributed by atoms with E-state index >= 15 is 0 Å². The fraction of sp³-hybridized carbons (Fsp3) is 0.515. The summed E-state index contributed by atoms with van der Waals surface area (Å²) in [7, 11) is 0. The van der Waals surface area contributed by atoms with E-state index in [1.165, 1.54) is 73.9 Å². The molecule has 1 aromatic carbocycles. The van der Waals surface area contributed by atoms with Gasteiger partial charge in [-0.1, -0.05) is 41.4 Å². The normalized spacial score (nSPS) is 39.6. The molecule has 9 unspecified atom stereocenters. The lowest BCUT2D eigenvalue weighted by atomic mass is 9.37. The highest BCUT2D eigenvalue weighted by atomic mass is 35.5. The Kier molecular flexibility index (Phi) is 4.08. The second-order valence-electron chi connectivity index (χ2n) is 13.7. The first-order valence-corrected chi connectivity index (χ1v) is 15.6. The summed E-state index contributed by atoms with van der Waals surface area (Å²) in [6.45, 7) is 0. The summed E-state index contributed by atoms with van der Waals surface area (Å²) in [4.78, 5) is 12.7. The lowest BCUT2D eigenvalue weighted by Crippen LogP contribution is -2.59. The number of hydrogen-bond donors (Lipinski definition) is 0. The number of pyridine rings is 2. The molecule has 192 valence electrons. The van der Waals surface area contributed by atoms with Gasteiger partial charge in [0.25, 0.3) is 0 Å². The van der Waals surface area contributed by atoms with Crippen LogP contribution in [0.1, 0.15) is 97.6 Å². The fourth-order valence-corrected chi connectivity index (χ4v) is 12.0. The Morgan fingerprint density at radius 1 is 0.737 bits per heavy atom. The first-order chi connectivity index (χ1) is 18.6. The van der Waals surface area contributed by atoms with E-state index in [1.807, 2.05) is 12.4 Å². The minimum Gasteiger partial charge on any atom is -0.305 e. The maximum atomic E-state index is 7.47. The van der Waals surface area contributed by atoms with Crippen molar-refractivity contribution in [2.75, 3.05) is 4.90 Å². The molecule has 0 amide bonds. The molecule has 10 rings (SSSR count). The highest BCUT2D eigenvalue weighted by molar-refractivity contribution is 6.36. The van der Waals surface area contributed by atoms with Gasteiger partial charge in [0.15, 0.2) is 0 Å². The number of para-hydroxylation sites is 1. The van der Waals surface area contributed by atoms with E-state index in [-0.39, 0.29) is 0 Å². The topological polar surface area (TPSA) is 29.0 Å². The number of benzene rings is 1. The highest BCUT2D eigenvalue weighted by Crippen LogP contribution is 2.82. The van der Waals surface area contributed by atoms with Gasteiger partial charge in [0.2, 0.25) is 0 Å². The van der Waals surface area contributed by atoms with Crippen molar-refractivity contribution < 1.29 is 0 Å². The lowest BCUT2D eigenvalue weighted by molar-refractivity contribution is -0.147. The third-order valence-corrected chi connectivity index (χ3v) is 13.3. The number of hydrogen-bond acceptors (Lipinski definition) is 3. The second kappa shape index (κ2) is 7.15. The predicted octanol–water partition coefficient (Wildman–Crippen LogP) is 9.25. The SMILES string of the molecule is Clc1c(N(c2ccccc2)c2cnc3c(c2Cl)C2CC4CC5CC3C45C2)cnc2c1C1CC3CC(C1)C2C3. The molecule has 9 atom stereocenters. The number of halogens is 2. The summed E-state index contributed by atoms with van der Waals surface area (Å²) in [5.41, 5.74) is 8.79. The number of rotatable bonds is 3. The Balaban J connectivity index is 1.16. The quantitative estimate of drug-likeness (QED) is 0.332. The zero-order chi connectivity index (χ0) is 24.9. The van der Waals surface area contributed by atoms with E-state index in [2.05, 4.69) is 35.2 Å². The molecule has 3 aromatic rings. The van der Waals surface area contributed by atoms with E-state index in [0.29, 0.717) is 29.1 Å². The van der Waals surface area contributed by atoms with Crippen LogP contribution in [0.2, 0.25) is 10.0 Å². The molecule has 38 heavy (non-hydrogen) atoms. The molecule has 5 heteroatoms. The van der Waals surface area contributed by atoms with E-state index in [9.17, 15) is 0 Å². The van der Waals surface area contributed by atoms with Crippen LogP contribution in [0.3, 0.4) is 0 Å². The smallest absolute Gasteiger partial charge is 0.0836 e. The maximum absolute atomic E-state index is 7.47. The molecular weight excluding hydrogens is 509 g/mol. The van der Waals surface area contributed by atoms with E-state index in [1.54, 1.807) is 0 Å². The van der Waals surface area contributed by atoms with Gasteiger partial charge < -0.3 is 4.90 Å². The van der Waals surface area contributed by atoms with Crippen LogP contribution in [0.15, 0.2) is 42.7 Å². The van der Waals surface area contributed by atoms with Crippen LogP contribution in [-0.4, -0.2) is 9.97 Å². The van der Waals surface area contributed by atoms with Crippen LogP contribution in [0.5, 0.6) is 0 Å². The minimum absolute atomic E-state index is 0.541. The number of fused-ring (bicyclic) bond motifs is 9. The Labute approximate surface area is 234 Å². The number of aromatic nitrogens is 2. The molecule has 0 radical (unpaired) electrons. The molecule has 5 saturated carbocycles. The number of anilines is 3. The highest BCUT2D eigenvalue weighted by Gasteiger charge is 2.72. The van der Waals surface area contributed by atoms with Crippen LogP contribution < -0.4 is 4.90 Å². The Hall–Kier alpha value is -2.10. The zero-order valence-electron chi connectivity index (χ0n) is 21.4. The average molecular weight is 541 g/mol. The molecule has 2 heterocycles. The molecule has 0 saturated heterocycles. The van der Waals surface area contributed by atoms with Gasteiger partial charge in [0.1, 0.15) is 0 Å². The lowest BCUT2D eigenvalue weighted by Gasteiger charge is -2.67. The summed E-state index contributed by atoms with van der Waals surface area (Å²) in [5, 5.41) is 1.76. The molecule has 0 N–H and O–H groups in total. The largest absolute Gasteiger partial charge is 0.305 e. The molecule has 7 aliphatic rings. The van der Waals surface area contributed by atoms with Gasteiger partial charge in [-0.3, -0.25) is 9.97 Å². The van der Waals surface area contributed by atoms with Crippen molar-refractivity contribution in [1.82, 2.24) is 9.97 Å². The minimum atomic E-state index is 0.541. The van der Waals surface area contributed by atoms with Crippen molar-refractivity contribution in [2.24, 2.45) is 29.1 Å². The summed E-state index contributed by atoms with van der Waals surface area (Å²) >= 11 is 14.9. The van der Waals surface area contributed by atoms with Crippen molar-refractivity contribution in [3.63, 3.8) is 0 Å². The van der Waals surface area contributed by atoms with Crippen LogP contribution in [0.4, 0.5) is 17.1 Å². The second-order valence-corrected chi connectivity index (χ2v) is 14.5. The molecule has 5 bridgehead atoms. The van der Waals surface area contributed by atoms with E-state index in [0.717, 1.165) is 50.8 Å². The summed E-state index contributed by atoms with van der Waals surface area (Å²) in [5.74, 6) is 5.80. The molecule has 3 nitrogen and oxygen atoms in total. The fourth-order valence-electron chi connectivity index (χ4n) is 11.2. The van der Waals surface area contributed by atoms with Gasteiger partial charge in [-0.25, -0.2) is 0 Å². The van der Waals surface area contributed by atoms with Gasteiger partial charge in [0.05, 0.1) is 33.8 Å². The van der Waals surface area contributed by atoms with Gasteiger partial charge in [-0.2, -0.15) is 0 Å². The molecule has 0 aliphatic heterocycles. The van der Waals surface area contributed by atoms with Crippen molar-refractivity contribution in [3.05, 3.63) is 75.3 Å².